The van der Waals surface area contributed by atoms with Crippen molar-refractivity contribution in [3.8, 4) is 11.4 Å². The van der Waals surface area contributed by atoms with Crippen LogP contribution in [-0.4, -0.2) is 44.7 Å². The summed E-state index contributed by atoms with van der Waals surface area (Å²) < 4.78 is 21.1. The second kappa shape index (κ2) is 9.79. The zero-order chi connectivity index (χ0) is 22.4. The molecule has 9 nitrogen and oxygen atoms in total. The average molecular weight is 426 g/mol. The monoisotopic (exact) mass is 426 g/mol. The summed E-state index contributed by atoms with van der Waals surface area (Å²) in [4.78, 5) is 25.1. The van der Waals surface area contributed by atoms with Crippen LogP contribution < -0.4 is 15.4 Å². The summed E-state index contributed by atoms with van der Waals surface area (Å²) in [7, 11) is 0. The maximum atomic E-state index is 14.3. The molecule has 1 unspecified atom stereocenters. The number of carbonyl (C=O) groups is 2. The molecule has 10 heteroatoms. The molecule has 1 aromatic heterocycles. The van der Waals surface area contributed by atoms with Crippen molar-refractivity contribution in [2.75, 3.05) is 11.9 Å². The minimum Gasteiger partial charge on any atom is -0.484 e. The van der Waals surface area contributed by atoms with Gasteiger partial charge in [0.25, 0.3) is 5.91 Å². The fourth-order valence-corrected chi connectivity index (χ4v) is 2.84. The van der Waals surface area contributed by atoms with Gasteiger partial charge in [0.1, 0.15) is 17.6 Å². The van der Waals surface area contributed by atoms with Crippen LogP contribution >= 0.6 is 0 Å². The highest BCUT2D eigenvalue weighted by Crippen LogP contribution is 2.20. The summed E-state index contributed by atoms with van der Waals surface area (Å²) >= 11 is 0. The van der Waals surface area contributed by atoms with Gasteiger partial charge in [-0.25, -0.2) is 4.39 Å². The Morgan fingerprint density at radius 3 is 2.55 bits per heavy atom. The molecule has 0 bridgehead atoms. The van der Waals surface area contributed by atoms with Crippen LogP contribution in [0.15, 0.2) is 48.5 Å². The van der Waals surface area contributed by atoms with Crippen molar-refractivity contribution in [1.82, 2.24) is 25.5 Å². The molecule has 0 aliphatic carbocycles. The molecule has 2 amide bonds. The van der Waals surface area contributed by atoms with Gasteiger partial charge in [0, 0.05) is 0 Å². The molecular formula is C21H23FN6O3. The minimum atomic E-state index is -0.885. The molecule has 0 aliphatic rings. The van der Waals surface area contributed by atoms with Gasteiger partial charge in [0.2, 0.25) is 5.91 Å². The average Bonchev–Trinajstić information content (AvgIpc) is 3.18. The largest absolute Gasteiger partial charge is 0.484 e. The van der Waals surface area contributed by atoms with E-state index in [1.165, 1.54) is 22.9 Å². The minimum absolute atomic E-state index is 0.0437. The molecule has 0 saturated carbocycles. The molecule has 0 aliphatic heterocycles. The second-order valence-electron chi connectivity index (χ2n) is 7.18. The second-order valence-corrected chi connectivity index (χ2v) is 7.18. The van der Waals surface area contributed by atoms with Crippen LogP contribution in [0.25, 0.3) is 5.69 Å². The van der Waals surface area contributed by atoms with E-state index >= 15 is 0 Å². The lowest BCUT2D eigenvalue weighted by Gasteiger charge is -2.22. The van der Waals surface area contributed by atoms with Crippen molar-refractivity contribution in [2.45, 2.75) is 26.8 Å². The van der Waals surface area contributed by atoms with E-state index in [0.29, 0.717) is 17.3 Å². The van der Waals surface area contributed by atoms with Crippen LogP contribution in [0.2, 0.25) is 0 Å². The topological polar surface area (TPSA) is 111 Å². The third-order valence-corrected chi connectivity index (χ3v) is 4.46. The van der Waals surface area contributed by atoms with E-state index in [1.54, 1.807) is 45.0 Å². The number of amides is 2. The van der Waals surface area contributed by atoms with E-state index in [-0.39, 0.29) is 18.2 Å². The number of aryl methyl sites for hydroxylation is 1. The smallest absolute Gasteiger partial charge is 0.258 e. The Morgan fingerprint density at radius 1 is 1.16 bits per heavy atom. The summed E-state index contributed by atoms with van der Waals surface area (Å²) in [5.41, 5.74) is 0.443. The van der Waals surface area contributed by atoms with Crippen LogP contribution in [0, 0.1) is 18.7 Å². The molecule has 0 radical (unpaired) electrons. The van der Waals surface area contributed by atoms with E-state index < -0.39 is 23.7 Å². The number of anilines is 1. The summed E-state index contributed by atoms with van der Waals surface area (Å²) in [5, 5.41) is 16.4. The van der Waals surface area contributed by atoms with E-state index in [2.05, 4.69) is 26.2 Å². The predicted octanol–water partition coefficient (Wildman–Crippen LogP) is 2.27. The van der Waals surface area contributed by atoms with Crippen molar-refractivity contribution >= 4 is 17.5 Å². The number of tetrazole rings is 1. The quantitative estimate of drug-likeness (QED) is 0.572. The van der Waals surface area contributed by atoms with Crippen molar-refractivity contribution in [3.05, 3.63) is 60.2 Å². The summed E-state index contributed by atoms with van der Waals surface area (Å²) in [5.74, 6) is -0.823. The molecule has 3 aromatic rings. The highest BCUT2D eigenvalue weighted by atomic mass is 19.1. The van der Waals surface area contributed by atoms with Gasteiger partial charge in [-0.15, -0.1) is 5.10 Å². The molecule has 0 fully saturated rings. The Labute approximate surface area is 178 Å². The number of hydrogen-bond acceptors (Lipinski definition) is 6. The van der Waals surface area contributed by atoms with E-state index in [9.17, 15) is 14.0 Å². The Bertz CT molecular complexity index is 1050. The molecule has 31 heavy (non-hydrogen) atoms. The first-order chi connectivity index (χ1) is 14.8. The zero-order valence-corrected chi connectivity index (χ0v) is 17.4. The Hall–Kier alpha value is -3.82. The summed E-state index contributed by atoms with van der Waals surface area (Å²) in [6.07, 6.45) is 0. The van der Waals surface area contributed by atoms with Gasteiger partial charge in [0.15, 0.2) is 12.4 Å². The molecule has 3 rings (SSSR count). The first kappa shape index (κ1) is 21.9. The lowest BCUT2D eigenvalue weighted by Crippen LogP contribution is -2.48. The number of carbonyl (C=O) groups excluding carboxylic acids is 2. The highest BCUT2D eigenvalue weighted by Gasteiger charge is 2.25. The van der Waals surface area contributed by atoms with Gasteiger partial charge < -0.3 is 15.4 Å². The third kappa shape index (κ3) is 5.62. The number of para-hydroxylation sites is 1. The van der Waals surface area contributed by atoms with Crippen LogP contribution in [0.5, 0.6) is 5.75 Å². The highest BCUT2D eigenvalue weighted by molar-refractivity contribution is 5.97. The number of aromatic nitrogens is 4. The van der Waals surface area contributed by atoms with Crippen molar-refractivity contribution < 1.29 is 18.7 Å². The molecule has 1 atom stereocenters. The number of ether oxygens (including phenoxy) is 1. The van der Waals surface area contributed by atoms with Gasteiger partial charge in [0.05, 0.1) is 11.4 Å². The molecule has 0 saturated heterocycles. The van der Waals surface area contributed by atoms with Crippen LogP contribution in [0.1, 0.15) is 19.7 Å². The van der Waals surface area contributed by atoms with Gasteiger partial charge >= 0.3 is 0 Å². The fourth-order valence-electron chi connectivity index (χ4n) is 2.84. The lowest BCUT2D eigenvalue weighted by molar-refractivity contribution is -0.128. The first-order valence-corrected chi connectivity index (χ1v) is 9.68. The van der Waals surface area contributed by atoms with E-state index in [4.69, 9.17) is 4.74 Å². The molecule has 0 spiro atoms. The molecule has 1 heterocycles. The molecule has 162 valence electrons. The molecule has 2 aromatic carbocycles. The molecular weight excluding hydrogens is 403 g/mol. The number of benzene rings is 2. The van der Waals surface area contributed by atoms with Crippen molar-refractivity contribution in [3.63, 3.8) is 0 Å². The first-order valence-electron chi connectivity index (χ1n) is 9.68. The van der Waals surface area contributed by atoms with Crippen molar-refractivity contribution in [1.29, 1.82) is 0 Å². The number of halogens is 1. The van der Waals surface area contributed by atoms with Gasteiger partial charge in [-0.3, -0.25) is 9.59 Å². The fraction of sp³-hybridized carbons (Fsp3) is 0.286. The summed E-state index contributed by atoms with van der Waals surface area (Å²) in [6, 6.07) is 12.1. The van der Waals surface area contributed by atoms with Crippen LogP contribution in [0.3, 0.4) is 0 Å². The van der Waals surface area contributed by atoms with Crippen LogP contribution in [0.4, 0.5) is 10.1 Å². The van der Waals surface area contributed by atoms with Gasteiger partial charge in [-0.1, -0.05) is 32.0 Å². The Morgan fingerprint density at radius 2 is 1.90 bits per heavy atom. The number of nitrogens with one attached hydrogen (secondary N) is 2. The number of rotatable bonds is 8. The van der Waals surface area contributed by atoms with Crippen LogP contribution in [-0.2, 0) is 9.59 Å². The van der Waals surface area contributed by atoms with E-state index in [0.717, 1.165) is 0 Å². The SMILES string of the molecule is Cc1nnnn1-c1ccc(F)c(NC(=O)C(NC(=O)COc2ccccc2)C(C)C)c1. The Kier molecular flexibility index (Phi) is 6.91. The lowest BCUT2D eigenvalue weighted by atomic mass is 10.0. The maximum Gasteiger partial charge on any atom is 0.258 e. The number of hydrogen-bond donors (Lipinski definition) is 2. The number of nitrogens with zero attached hydrogens (tertiary/aromatic N) is 4. The standard InChI is InChI=1S/C21H23FN6O3/c1-13(2)20(24-19(29)12-31-16-7-5-4-6-8-16)21(30)23-18-11-15(9-10-17(18)22)28-14(3)25-26-27-28/h4-11,13,20H,12H2,1-3H3,(H,23,30)(H,24,29). The summed E-state index contributed by atoms with van der Waals surface area (Å²) in [6.45, 7) is 5.01. The normalized spacial score (nSPS) is 11.8. The van der Waals surface area contributed by atoms with E-state index in [1.807, 2.05) is 6.07 Å². The Balaban J connectivity index is 1.68. The van der Waals surface area contributed by atoms with Crippen molar-refractivity contribution in [2.24, 2.45) is 5.92 Å². The predicted molar refractivity (Wildman–Crippen MR) is 111 cm³/mol. The maximum absolute atomic E-state index is 14.3. The van der Waals surface area contributed by atoms with Gasteiger partial charge in [-0.2, -0.15) is 4.68 Å². The zero-order valence-electron chi connectivity index (χ0n) is 17.4. The third-order valence-electron chi connectivity index (χ3n) is 4.46. The van der Waals surface area contributed by atoms with Gasteiger partial charge in [-0.05, 0) is 53.6 Å². The molecule has 2 N–H and O–H groups in total.